The van der Waals surface area contributed by atoms with E-state index in [9.17, 15) is 0 Å². The van der Waals surface area contributed by atoms with Gasteiger partial charge >= 0.3 is 0 Å². The van der Waals surface area contributed by atoms with Gasteiger partial charge in [-0.25, -0.2) is 4.68 Å². The molecule has 1 aromatic carbocycles. The fourth-order valence-corrected chi connectivity index (χ4v) is 2.83. The van der Waals surface area contributed by atoms with Crippen LogP contribution < -0.4 is 14.3 Å². The van der Waals surface area contributed by atoms with Crippen molar-refractivity contribution in [1.29, 1.82) is 0 Å². The van der Waals surface area contributed by atoms with Crippen LogP contribution in [-0.2, 0) is 0 Å². The minimum Gasteiger partial charge on any atom is -0.493 e. The third kappa shape index (κ3) is 3.76. The minimum atomic E-state index is 0.237. The molecule has 22 heavy (non-hydrogen) atoms. The number of aryl methyl sites for hydroxylation is 1. The maximum absolute atomic E-state index is 5.30. The van der Waals surface area contributed by atoms with Gasteiger partial charge in [-0.2, -0.15) is 5.10 Å². The number of methoxy groups -OCH3 is 2. The van der Waals surface area contributed by atoms with E-state index in [1.165, 1.54) is 0 Å². The van der Waals surface area contributed by atoms with Crippen molar-refractivity contribution in [3.63, 3.8) is 0 Å². The van der Waals surface area contributed by atoms with E-state index in [2.05, 4.69) is 23.9 Å². The first kappa shape index (κ1) is 16.3. The Morgan fingerprint density at radius 2 is 1.91 bits per heavy atom. The Balaban J connectivity index is 2.35. The summed E-state index contributed by atoms with van der Waals surface area (Å²) < 4.78 is 12.4. The van der Waals surface area contributed by atoms with Crippen molar-refractivity contribution in [2.24, 2.45) is 10.1 Å². The van der Waals surface area contributed by atoms with E-state index in [4.69, 9.17) is 9.47 Å². The molecule has 0 spiro atoms. The van der Waals surface area contributed by atoms with E-state index >= 15 is 0 Å². The number of hydrogen-bond donors (Lipinski definition) is 0. The number of hydrogen-bond acceptors (Lipinski definition) is 5. The summed E-state index contributed by atoms with van der Waals surface area (Å²) >= 11 is 1.59. The lowest BCUT2D eigenvalue weighted by atomic mass is 10.2. The fraction of sp³-hybridized carbons (Fsp3) is 0.375. The summed E-state index contributed by atoms with van der Waals surface area (Å²) in [6.45, 7) is 6.12. The first-order valence-corrected chi connectivity index (χ1v) is 7.90. The fourth-order valence-electron chi connectivity index (χ4n) is 1.89. The first-order chi connectivity index (χ1) is 10.5. The van der Waals surface area contributed by atoms with Crippen LogP contribution in [0.3, 0.4) is 0 Å². The Kier molecular flexibility index (Phi) is 5.38. The molecule has 1 aromatic heterocycles. The van der Waals surface area contributed by atoms with Gasteiger partial charge in [0.15, 0.2) is 11.5 Å². The quantitative estimate of drug-likeness (QED) is 0.795. The molecule has 0 amide bonds. The van der Waals surface area contributed by atoms with E-state index in [-0.39, 0.29) is 6.04 Å². The van der Waals surface area contributed by atoms with E-state index in [0.717, 1.165) is 16.1 Å². The van der Waals surface area contributed by atoms with E-state index < -0.39 is 0 Å². The normalized spacial score (nSPS) is 12.4. The zero-order chi connectivity index (χ0) is 16.1. The summed E-state index contributed by atoms with van der Waals surface area (Å²) in [5.41, 5.74) is 1.99. The highest BCUT2D eigenvalue weighted by Crippen LogP contribution is 2.26. The zero-order valence-electron chi connectivity index (χ0n) is 13.5. The molecule has 0 N–H and O–H groups in total. The molecule has 118 valence electrons. The summed E-state index contributed by atoms with van der Waals surface area (Å²) in [5, 5.41) is 6.58. The van der Waals surface area contributed by atoms with Crippen LogP contribution in [0.25, 0.3) is 0 Å². The largest absolute Gasteiger partial charge is 0.493 e. The summed E-state index contributed by atoms with van der Waals surface area (Å²) in [4.78, 5) is 5.47. The van der Waals surface area contributed by atoms with E-state index in [1.54, 1.807) is 31.8 Å². The molecule has 0 saturated carbocycles. The Morgan fingerprint density at radius 3 is 2.55 bits per heavy atom. The van der Waals surface area contributed by atoms with Crippen LogP contribution in [0.15, 0.2) is 33.7 Å². The monoisotopic (exact) mass is 319 g/mol. The SMILES string of the molecule is COc1ccc(C=Nn2c(C)csc2=NC(C)C)cc1OC. The molecule has 0 unspecified atom stereocenters. The van der Waals surface area contributed by atoms with Gasteiger partial charge in [0.25, 0.3) is 0 Å². The van der Waals surface area contributed by atoms with Gasteiger partial charge in [-0.05, 0) is 44.5 Å². The molecule has 0 radical (unpaired) electrons. The number of rotatable bonds is 5. The zero-order valence-corrected chi connectivity index (χ0v) is 14.3. The van der Waals surface area contributed by atoms with Crippen molar-refractivity contribution < 1.29 is 9.47 Å². The molecule has 1 heterocycles. The molecule has 2 aromatic rings. The number of thiazole rings is 1. The molecule has 0 aliphatic rings. The minimum absolute atomic E-state index is 0.237. The van der Waals surface area contributed by atoms with Crippen LogP contribution in [0, 0.1) is 6.92 Å². The second-order valence-corrected chi connectivity index (χ2v) is 5.89. The number of benzene rings is 1. The average molecular weight is 319 g/mol. The second-order valence-electron chi connectivity index (χ2n) is 5.05. The Hall–Kier alpha value is -2.08. The molecule has 0 saturated heterocycles. The number of ether oxygens (including phenoxy) is 2. The van der Waals surface area contributed by atoms with Gasteiger partial charge < -0.3 is 9.47 Å². The standard InChI is InChI=1S/C16H21N3O2S/c1-11(2)18-16-19(12(3)10-22-16)17-9-13-6-7-14(20-4)15(8-13)21-5/h6-11H,1-5H3. The number of aromatic nitrogens is 1. The van der Waals surface area contributed by atoms with Crippen molar-refractivity contribution in [1.82, 2.24) is 4.68 Å². The van der Waals surface area contributed by atoms with Crippen LogP contribution in [0.2, 0.25) is 0 Å². The van der Waals surface area contributed by atoms with Crippen LogP contribution >= 0.6 is 11.3 Å². The van der Waals surface area contributed by atoms with Gasteiger partial charge in [0, 0.05) is 11.4 Å². The third-order valence-corrected chi connectivity index (χ3v) is 3.90. The Labute approximate surface area is 134 Å². The average Bonchev–Trinajstić information content (AvgIpc) is 2.84. The van der Waals surface area contributed by atoms with Crippen molar-refractivity contribution >= 4 is 17.6 Å². The smallest absolute Gasteiger partial charge is 0.206 e. The summed E-state index contributed by atoms with van der Waals surface area (Å²) in [6.07, 6.45) is 1.79. The van der Waals surface area contributed by atoms with Crippen molar-refractivity contribution in [2.75, 3.05) is 14.2 Å². The van der Waals surface area contributed by atoms with Crippen molar-refractivity contribution in [3.8, 4) is 11.5 Å². The topological polar surface area (TPSA) is 48.1 Å². The Morgan fingerprint density at radius 1 is 1.18 bits per heavy atom. The van der Waals surface area contributed by atoms with Gasteiger partial charge in [-0.3, -0.25) is 4.99 Å². The van der Waals surface area contributed by atoms with Crippen molar-refractivity contribution in [2.45, 2.75) is 26.8 Å². The maximum atomic E-state index is 5.30. The highest BCUT2D eigenvalue weighted by molar-refractivity contribution is 7.07. The van der Waals surface area contributed by atoms with Crippen LogP contribution in [0.4, 0.5) is 0 Å². The molecule has 0 atom stereocenters. The lowest BCUT2D eigenvalue weighted by Crippen LogP contribution is -2.14. The van der Waals surface area contributed by atoms with Crippen LogP contribution in [0.5, 0.6) is 11.5 Å². The molecular weight excluding hydrogens is 298 g/mol. The van der Waals surface area contributed by atoms with E-state index in [0.29, 0.717) is 11.5 Å². The third-order valence-electron chi connectivity index (χ3n) is 2.95. The summed E-state index contributed by atoms with van der Waals surface area (Å²) in [5.74, 6) is 1.39. The first-order valence-electron chi connectivity index (χ1n) is 7.02. The predicted molar refractivity (Wildman–Crippen MR) is 90.3 cm³/mol. The van der Waals surface area contributed by atoms with Crippen molar-refractivity contribution in [3.05, 3.63) is 39.6 Å². The van der Waals surface area contributed by atoms with Gasteiger partial charge in [-0.1, -0.05) is 0 Å². The van der Waals surface area contributed by atoms with Gasteiger partial charge in [0.1, 0.15) is 0 Å². The molecule has 5 nitrogen and oxygen atoms in total. The molecule has 0 fully saturated rings. The van der Waals surface area contributed by atoms with Gasteiger partial charge in [-0.15, -0.1) is 11.3 Å². The molecule has 0 bridgehead atoms. The van der Waals surface area contributed by atoms with Crippen LogP contribution in [-0.4, -0.2) is 31.2 Å². The van der Waals surface area contributed by atoms with Crippen LogP contribution in [0.1, 0.15) is 25.1 Å². The predicted octanol–water partition coefficient (Wildman–Crippen LogP) is 3.07. The van der Waals surface area contributed by atoms with E-state index in [1.807, 2.05) is 35.2 Å². The molecule has 0 aliphatic heterocycles. The molecule has 2 rings (SSSR count). The second kappa shape index (κ2) is 7.26. The Bertz CT molecular complexity index is 729. The number of nitrogens with zero attached hydrogens (tertiary/aromatic N) is 3. The summed E-state index contributed by atoms with van der Waals surface area (Å²) in [7, 11) is 3.24. The lowest BCUT2D eigenvalue weighted by molar-refractivity contribution is 0.355. The highest BCUT2D eigenvalue weighted by atomic mass is 32.1. The molecule has 6 heteroatoms. The maximum Gasteiger partial charge on any atom is 0.206 e. The molecule has 0 aliphatic carbocycles. The lowest BCUT2D eigenvalue weighted by Gasteiger charge is -2.07. The summed E-state index contributed by atoms with van der Waals surface area (Å²) in [6, 6.07) is 5.93. The van der Waals surface area contributed by atoms with Gasteiger partial charge in [0.2, 0.25) is 4.80 Å². The van der Waals surface area contributed by atoms with Gasteiger partial charge in [0.05, 0.1) is 26.1 Å². The molecular formula is C16H21N3O2S. The highest BCUT2D eigenvalue weighted by Gasteiger charge is 2.04.